The van der Waals surface area contributed by atoms with Gasteiger partial charge in [0.25, 0.3) is 0 Å². The van der Waals surface area contributed by atoms with Crippen LogP contribution in [0.25, 0.3) is 11.6 Å². The molecule has 0 radical (unpaired) electrons. The Hall–Kier alpha value is -3.98. The molecular formula is C35H36BNO6. The van der Waals surface area contributed by atoms with Gasteiger partial charge in [-0.2, -0.15) is 0 Å². The summed E-state index contributed by atoms with van der Waals surface area (Å²) >= 11 is 0. The number of anilines is 1. The molecule has 6 rings (SSSR count). The summed E-state index contributed by atoms with van der Waals surface area (Å²) in [5.41, 5.74) is 7.84. The summed E-state index contributed by atoms with van der Waals surface area (Å²) < 4.78 is 6.38. The van der Waals surface area contributed by atoms with Gasteiger partial charge in [0, 0.05) is 5.92 Å². The lowest BCUT2D eigenvalue weighted by molar-refractivity contribution is -0.122. The van der Waals surface area contributed by atoms with Gasteiger partial charge in [-0.25, -0.2) is 0 Å². The fourth-order valence-electron chi connectivity index (χ4n) is 7.22. The van der Waals surface area contributed by atoms with Crippen LogP contribution in [-0.4, -0.2) is 46.8 Å². The first-order chi connectivity index (χ1) is 20.6. The molecule has 4 atom stereocenters. The number of rotatable bonds is 7. The molecule has 0 bridgehead atoms. The topological polar surface area (TPSA) is 107 Å². The molecule has 220 valence electrons. The van der Waals surface area contributed by atoms with E-state index in [1.807, 2.05) is 44.2 Å². The number of hydrogen-bond donors (Lipinski definition) is 3. The van der Waals surface area contributed by atoms with Crippen LogP contribution in [0, 0.1) is 31.6 Å². The molecule has 0 spiro atoms. The molecule has 3 aliphatic rings. The molecule has 3 N–H and O–H groups in total. The van der Waals surface area contributed by atoms with Crippen LogP contribution in [-0.2, 0) is 14.3 Å². The molecule has 3 aromatic carbocycles. The predicted molar refractivity (Wildman–Crippen MR) is 167 cm³/mol. The molecule has 2 heterocycles. The minimum atomic E-state index is -1.69. The zero-order valence-electron chi connectivity index (χ0n) is 24.7. The fourth-order valence-corrected chi connectivity index (χ4v) is 7.22. The largest absolute Gasteiger partial charge is 0.507 e. The van der Waals surface area contributed by atoms with Crippen molar-refractivity contribution in [3.05, 3.63) is 100 Å². The van der Waals surface area contributed by atoms with E-state index in [1.54, 1.807) is 18.2 Å². The maximum Gasteiger partial charge on any atom is 0.488 e. The normalized spacial score (nSPS) is 23.6. The summed E-state index contributed by atoms with van der Waals surface area (Å²) in [7, 11) is -1.69. The van der Waals surface area contributed by atoms with Gasteiger partial charge in [-0.3, -0.25) is 14.5 Å². The SMILES string of the molecule is CC1=C2[C@@H](CC/C(=C/c3cc(C)c(O)c(C)c3)c3ccccc3)OC[C@@H]2[C@@H]2C(=O)N(c3cccc(B(O)O)c3)C(=O)[C@@H]2C1. The Morgan fingerprint density at radius 3 is 2.37 bits per heavy atom. The van der Waals surface area contributed by atoms with Crippen molar-refractivity contribution in [2.45, 2.75) is 46.1 Å². The van der Waals surface area contributed by atoms with Gasteiger partial charge >= 0.3 is 7.12 Å². The van der Waals surface area contributed by atoms with E-state index in [9.17, 15) is 24.7 Å². The number of carbonyl (C=O) groups is 2. The minimum Gasteiger partial charge on any atom is -0.507 e. The van der Waals surface area contributed by atoms with E-state index in [0.29, 0.717) is 24.5 Å². The molecule has 8 heteroatoms. The van der Waals surface area contributed by atoms with Crippen LogP contribution in [0.15, 0.2) is 77.9 Å². The standard InChI is InChI=1S/C35H36BNO6/c1-20-16-28-32(35(40)37(34(28)39)27-11-7-10-26(18-27)36(41)42)29-19-43-30(31(20)29)13-12-25(24-8-5-4-6-9-24)17-23-14-21(2)33(38)22(3)15-23/h4-11,14-15,17-18,28-30,32,38,41-42H,12-13,16,19H2,1-3H3/b25-17-/t28-,29+,30-,32-/m1/s1. The van der Waals surface area contributed by atoms with Crippen molar-refractivity contribution in [1.82, 2.24) is 0 Å². The van der Waals surface area contributed by atoms with Crippen molar-refractivity contribution in [1.29, 1.82) is 0 Å². The highest BCUT2D eigenvalue weighted by Gasteiger charge is 2.56. The number of phenolic OH excluding ortho intramolecular Hbond substituents is 1. The van der Waals surface area contributed by atoms with Crippen LogP contribution in [0.4, 0.5) is 5.69 Å². The molecular weight excluding hydrogens is 541 g/mol. The van der Waals surface area contributed by atoms with Crippen LogP contribution < -0.4 is 10.4 Å². The number of amides is 2. The Labute approximate surface area is 252 Å². The predicted octanol–water partition coefficient (Wildman–Crippen LogP) is 4.55. The van der Waals surface area contributed by atoms with Gasteiger partial charge in [0.2, 0.25) is 11.8 Å². The number of carbonyl (C=O) groups excluding carboxylic acids is 2. The number of phenols is 1. The van der Waals surface area contributed by atoms with Crippen LogP contribution >= 0.6 is 0 Å². The van der Waals surface area contributed by atoms with Gasteiger partial charge in [0.15, 0.2) is 0 Å². The summed E-state index contributed by atoms with van der Waals surface area (Å²) in [4.78, 5) is 28.6. The lowest BCUT2D eigenvalue weighted by Gasteiger charge is -2.30. The Morgan fingerprint density at radius 2 is 1.67 bits per heavy atom. The third-order valence-electron chi connectivity index (χ3n) is 9.25. The molecule has 2 amide bonds. The van der Waals surface area contributed by atoms with Gasteiger partial charge in [-0.1, -0.05) is 54.1 Å². The van der Waals surface area contributed by atoms with Gasteiger partial charge in [-0.15, -0.1) is 0 Å². The van der Waals surface area contributed by atoms with Crippen molar-refractivity contribution in [2.24, 2.45) is 17.8 Å². The van der Waals surface area contributed by atoms with E-state index in [4.69, 9.17) is 4.74 Å². The van der Waals surface area contributed by atoms with Gasteiger partial charge in [0.1, 0.15) is 5.75 Å². The number of nitrogens with zero attached hydrogens (tertiary/aromatic N) is 1. The molecule has 2 fully saturated rings. The third kappa shape index (κ3) is 5.35. The summed E-state index contributed by atoms with van der Waals surface area (Å²) in [5.74, 6) is -1.28. The van der Waals surface area contributed by atoms with E-state index in [0.717, 1.165) is 51.8 Å². The van der Waals surface area contributed by atoms with Crippen molar-refractivity contribution in [2.75, 3.05) is 11.5 Å². The zero-order chi connectivity index (χ0) is 30.4. The Kier molecular flexibility index (Phi) is 7.86. The van der Waals surface area contributed by atoms with E-state index in [-0.39, 0.29) is 29.3 Å². The number of aromatic hydroxyl groups is 1. The van der Waals surface area contributed by atoms with Crippen molar-refractivity contribution < 1.29 is 29.5 Å². The molecule has 3 aromatic rings. The van der Waals surface area contributed by atoms with Crippen LogP contribution in [0.3, 0.4) is 0 Å². The maximum atomic E-state index is 13.8. The molecule has 43 heavy (non-hydrogen) atoms. The van der Waals surface area contributed by atoms with Crippen LogP contribution in [0.1, 0.15) is 48.4 Å². The lowest BCUT2D eigenvalue weighted by Crippen LogP contribution is -2.35. The number of aryl methyl sites for hydroxylation is 2. The summed E-state index contributed by atoms with van der Waals surface area (Å²) in [5, 5.41) is 29.5. The van der Waals surface area contributed by atoms with Gasteiger partial charge in [-0.05, 0) is 103 Å². The molecule has 7 nitrogen and oxygen atoms in total. The summed E-state index contributed by atoms with van der Waals surface area (Å²) in [6.07, 6.45) is 4.02. The Bertz CT molecular complexity index is 1620. The highest BCUT2D eigenvalue weighted by molar-refractivity contribution is 6.58. The average molecular weight is 577 g/mol. The summed E-state index contributed by atoms with van der Waals surface area (Å²) in [6, 6.07) is 20.5. The number of fused-ring (bicyclic) bond motifs is 3. The first-order valence-corrected chi connectivity index (χ1v) is 14.8. The number of hydrogen-bond acceptors (Lipinski definition) is 6. The minimum absolute atomic E-state index is 0.147. The third-order valence-corrected chi connectivity index (χ3v) is 9.25. The molecule has 2 aliphatic heterocycles. The van der Waals surface area contributed by atoms with Gasteiger partial charge < -0.3 is 19.9 Å². The number of ether oxygens (including phenoxy) is 1. The molecule has 1 aliphatic carbocycles. The highest BCUT2D eigenvalue weighted by atomic mass is 16.5. The van der Waals surface area contributed by atoms with Crippen molar-refractivity contribution >= 4 is 41.7 Å². The fraction of sp³-hybridized carbons (Fsp3) is 0.314. The average Bonchev–Trinajstić information content (AvgIpc) is 3.52. The zero-order valence-corrected chi connectivity index (χ0v) is 24.7. The Morgan fingerprint density at radius 1 is 0.953 bits per heavy atom. The van der Waals surface area contributed by atoms with Crippen molar-refractivity contribution in [3.8, 4) is 5.75 Å². The second-order valence-corrected chi connectivity index (χ2v) is 12.1. The first-order valence-electron chi connectivity index (χ1n) is 14.8. The molecule has 0 aromatic heterocycles. The smallest absolute Gasteiger partial charge is 0.488 e. The molecule has 0 unspecified atom stereocenters. The number of imide groups is 1. The monoisotopic (exact) mass is 577 g/mol. The Balaban J connectivity index is 1.25. The van der Waals surface area contributed by atoms with E-state index in [2.05, 4.69) is 25.1 Å². The quantitative estimate of drug-likeness (QED) is 0.165. The lowest BCUT2D eigenvalue weighted by atomic mass is 9.70. The highest BCUT2D eigenvalue weighted by Crippen LogP contribution is 2.50. The first kappa shape index (κ1) is 29.1. The van der Waals surface area contributed by atoms with E-state index in [1.165, 1.54) is 11.0 Å². The molecule has 0 saturated carbocycles. The van der Waals surface area contributed by atoms with E-state index >= 15 is 0 Å². The van der Waals surface area contributed by atoms with E-state index < -0.39 is 19.0 Å². The van der Waals surface area contributed by atoms with Crippen molar-refractivity contribution in [3.63, 3.8) is 0 Å². The maximum absolute atomic E-state index is 13.8. The molecule has 2 saturated heterocycles. The van der Waals surface area contributed by atoms with Gasteiger partial charge in [0.05, 0.1) is 30.2 Å². The number of benzene rings is 3. The van der Waals surface area contributed by atoms with Crippen LogP contribution in [0.5, 0.6) is 5.75 Å². The second kappa shape index (κ2) is 11.6. The van der Waals surface area contributed by atoms with Crippen LogP contribution in [0.2, 0.25) is 0 Å². The summed E-state index contributed by atoms with van der Waals surface area (Å²) in [6.45, 7) is 6.26. The second-order valence-electron chi connectivity index (χ2n) is 12.1. The number of allylic oxidation sites excluding steroid dienone is 2.